The fourth-order valence-corrected chi connectivity index (χ4v) is 1.62. The van der Waals surface area contributed by atoms with Crippen LogP contribution in [0, 0.1) is 5.41 Å². The lowest BCUT2D eigenvalue weighted by molar-refractivity contribution is -0.0588. The van der Waals surface area contributed by atoms with Crippen molar-refractivity contribution in [2.45, 2.75) is 24.5 Å². The molecule has 2 heterocycles. The summed E-state index contributed by atoms with van der Waals surface area (Å²) in [5.74, 6) is -0.307. The van der Waals surface area contributed by atoms with Gasteiger partial charge >= 0.3 is 0 Å². The van der Waals surface area contributed by atoms with Crippen molar-refractivity contribution in [3.05, 3.63) is 12.2 Å². The van der Waals surface area contributed by atoms with Crippen LogP contribution in [0.1, 0.15) is 12.1 Å². The Labute approximate surface area is 96.0 Å². The van der Waals surface area contributed by atoms with Crippen molar-refractivity contribution in [1.29, 1.82) is 5.41 Å². The van der Waals surface area contributed by atoms with E-state index >= 15 is 0 Å². The molecule has 6 N–H and O–H groups in total. The van der Waals surface area contributed by atoms with Crippen LogP contribution in [0.5, 0.6) is 0 Å². The summed E-state index contributed by atoms with van der Waals surface area (Å²) in [6.45, 7) is -0.414. The highest BCUT2D eigenvalue weighted by molar-refractivity contribution is 5.90. The summed E-state index contributed by atoms with van der Waals surface area (Å²) < 4.78 is 6.37. The van der Waals surface area contributed by atoms with Crippen LogP contribution in [-0.2, 0) is 4.74 Å². The third-order valence-corrected chi connectivity index (χ3v) is 2.53. The molecular formula is C8H13N5O4. The normalized spacial score (nSPS) is 32.9. The van der Waals surface area contributed by atoms with Crippen LogP contribution in [0.3, 0.4) is 0 Å². The van der Waals surface area contributed by atoms with E-state index in [4.69, 9.17) is 21.0 Å². The first-order valence-corrected chi connectivity index (χ1v) is 4.92. The van der Waals surface area contributed by atoms with Crippen molar-refractivity contribution in [3.8, 4) is 0 Å². The lowest BCUT2D eigenvalue weighted by Gasteiger charge is -2.13. The Kier molecular flexibility index (Phi) is 3.07. The minimum atomic E-state index is -1.23. The first-order valence-electron chi connectivity index (χ1n) is 4.92. The van der Waals surface area contributed by atoms with Gasteiger partial charge in [-0.1, -0.05) is 0 Å². The molecule has 1 aliphatic rings. The number of hydrogen-bond donors (Lipinski definition) is 5. The number of nitrogens with zero attached hydrogens (tertiary/aromatic N) is 3. The number of aromatic nitrogens is 3. The van der Waals surface area contributed by atoms with Crippen LogP contribution in [-0.4, -0.2) is 60.8 Å². The van der Waals surface area contributed by atoms with E-state index in [1.165, 1.54) is 6.33 Å². The molecule has 0 amide bonds. The van der Waals surface area contributed by atoms with Crippen molar-refractivity contribution >= 4 is 5.84 Å². The van der Waals surface area contributed by atoms with Gasteiger partial charge in [-0.05, 0) is 0 Å². The summed E-state index contributed by atoms with van der Waals surface area (Å²) >= 11 is 0. The van der Waals surface area contributed by atoms with Gasteiger partial charge in [-0.15, -0.1) is 5.10 Å². The quantitative estimate of drug-likeness (QED) is 0.283. The van der Waals surface area contributed by atoms with Crippen LogP contribution >= 0.6 is 0 Å². The third kappa shape index (κ3) is 2.00. The minimum Gasteiger partial charge on any atom is -0.394 e. The molecule has 9 nitrogen and oxygen atoms in total. The van der Waals surface area contributed by atoms with Crippen molar-refractivity contribution in [3.63, 3.8) is 0 Å². The summed E-state index contributed by atoms with van der Waals surface area (Å²) in [6.07, 6.45) is -3.02. The highest BCUT2D eigenvalue weighted by atomic mass is 16.6. The summed E-state index contributed by atoms with van der Waals surface area (Å²) in [6, 6.07) is 0. The molecule has 0 radical (unpaired) electrons. The van der Waals surface area contributed by atoms with Gasteiger partial charge in [0, 0.05) is 0 Å². The highest BCUT2D eigenvalue weighted by Gasteiger charge is 2.43. The number of nitrogens with two attached hydrogens (primary N) is 1. The second-order valence-corrected chi connectivity index (χ2v) is 3.69. The predicted octanol–water partition coefficient (Wildman–Crippen LogP) is -2.83. The zero-order valence-electron chi connectivity index (χ0n) is 8.76. The molecule has 0 spiro atoms. The van der Waals surface area contributed by atoms with E-state index in [0.29, 0.717) is 0 Å². The molecule has 0 aromatic carbocycles. The van der Waals surface area contributed by atoms with E-state index in [1.807, 2.05) is 0 Å². The molecule has 2 rings (SSSR count). The summed E-state index contributed by atoms with van der Waals surface area (Å²) in [7, 11) is 0. The second kappa shape index (κ2) is 4.37. The van der Waals surface area contributed by atoms with E-state index in [2.05, 4.69) is 10.1 Å². The van der Waals surface area contributed by atoms with E-state index in [9.17, 15) is 10.2 Å². The van der Waals surface area contributed by atoms with E-state index < -0.39 is 31.1 Å². The average molecular weight is 243 g/mol. The molecule has 94 valence electrons. The molecule has 1 aliphatic heterocycles. The summed E-state index contributed by atoms with van der Waals surface area (Å²) in [4.78, 5) is 3.74. The zero-order valence-corrected chi connectivity index (χ0v) is 8.76. The molecular weight excluding hydrogens is 230 g/mol. The largest absolute Gasteiger partial charge is 0.394 e. The number of aliphatic hydroxyl groups excluding tert-OH is 3. The number of hydrogen-bond acceptors (Lipinski definition) is 7. The van der Waals surface area contributed by atoms with Gasteiger partial charge in [0.2, 0.25) is 5.82 Å². The minimum absolute atomic E-state index is 0.00254. The predicted molar refractivity (Wildman–Crippen MR) is 54.0 cm³/mol. The Bertz CT molecular complexity index is 422. The maximum atomic E-state index is 9.70. The third-order valence-electron chi connectivity index (χ3n) is 2.53. The number of aliphatic hydroxyl groups is 3. The van der Waals surface area contributed by atoms with Crippen molar-refractivity contribution in [2.75, 3.05) is 6.61 Å². The van der Waals surface area contributed by atoms with E-state index in [-0.39, 0.29) is 11.7 Å². The van der Waals surface area contributed by atoms with E-state index in [1.54, 1.807) is 0 Å². The number of rotatable bonds is 3. The fourth-order valence-electron chi connectivity index (χ4n) is 1.62. The van der Waals surface area contributed by atoms with Gasteiger partial charge in [0.15, 0.2) is 12.1 Å². The summed E-state index contributed by atoms with van der Waals surface area (Å²) in [5, 5.41) is 39.1. The van der Waals surface area contributed by atoms with Crippen molar-refractivity contribution in [1.82, 2.24) is 14.8 Å². The monoisotopic (exact) mass is 243 g/mol. The Morgan fingerprint density at radius 1 is 1.53 bits per heavy atom. The van der Waals surface area contributed by atoms with Gasteiger partial charge < -0.3 is 25.8 Å². The fraction of sp³-hybridized carbons (Fsp3) is 0.625. The Hall–Kier alpha value is -1.55. The molecule has 1 aromatic rings. The Balaban J connectivity index is 2.19. The molecule has 4 atom stereocenters. The molecule has 9 heteroatoms. The molecule has 0 bridgehead atoms. The molecule has 0 aliphatic carbocycles. The van der Waals surface area contributed by atoms with Crippen LogP contribution < -0.4 is 5.73 Å². The van der Waals surface area contributed by atoms with Crippen LogP contribution in [0.15, 0.2) is 6.33 Å². The van der Waals surface area contributed by atoms with Crippen molar-refractivity contribution in [2.24, 2.45) is 5.73 Å². The standard InChI is InChI=1S/C8H13N5O4/c9-6(10)7-11-2-13(12-7)8-5(16)4(15)3(1-14)17-8/h2-5,8,14-16H,1H2,(H3,9,10)/t3-,4?,5+,8?/m0/s1. The molecule has 0 saturated carbocycles. The van der Waals surface area contributed by atoms with Gasteiger partial charge in [-0.3, -0.25) is 5.41 Å². The first-order chi connectivity index (χ1) is 8.04. The number of amidine groups is 1. The lowest BCUT2D eigenvalue weighted by Crippen LogP contribution is -2.33. The van der Waals surface area contributed by atoms with Crippen LogP contribution in [0.2, 0.25) is 0 Å². The maximum Gasteiger partial charge on any atom is 0.215 e. The van der Waals surface area contributed by atoms with E-state index in [0.717, 1.165) is 4.68 Å². The molecule has 2 unspecified atom stereocenters. The smallest absolute Gasteiger partial charge is 0.215 e. The van der Waals surface area contributed by atoms with Crippen LogP contribution in [0.4, 0.5) is 0 Å². The maximum absolute atomic E-state index is 9.70. The van der Waals surface area contributed by atoms with Gasteiger partial charge in [-0.2, -0.15) is 0 Å². The van der Waals surface area contributed by atoms with Gasteiger partial charge in [0.05, 0.1) is 6.61 Å². The molecule has 1 fully saturated rings. The Morgan fingerprint density at radius 3 is 2.71 bits per heavy atom. The van der Waals surface area contributed by atoms with Crippen molar-refractivity contribution < 1.29 is 20.1 Å². The Morgan fingerprint density at radius 2 is 2.24 bits per heavy atom. The average Bonchev–Trinajstić information content (AvgIpc) is 2.87. The zero-order chi connectivity index (χ0) is 12.6. The van der Waals surface area contributed by atoms with Gasteiger partial charge in [-0.25, -0.2) is 9.67 Å². The second-order valence-electron chi connectivity index (χ2n) is 3.69. The molecule has 1 saturated heterocycles. The highest BCUT2D eigenvalue weighted by Crippen LogP contribution is 2.28. The topological polar surface area (TPSA) is 150 Å². The number of nitrogens with one attached hydrogen (secondary N) is 1. The lowest BCUT2D eigenvalue weighted by atomic mass is 10.1. The summed E-state index contributed by atoms with van der Waals surface area (Å²) in [5.41, 5.74) is 5.19. The molecule has 1 aromatic heterocycles. The first kappa shape index (κ1) is 11.9. The van der Waals surface area contributed by atoms with Gasteiger partial charge in [0.25, 0.3) is 0 Å². The number of ether oxygens (including phenoxy) is 1. The number of nitrogen functional groups attached to an aromatic ring is 1. The molecule has 17 heavy (non-hydrogen) atoms. The SMILES string of the molecule is N=C(N)c1ncn(C2O[C@@H](CO)C(O)[C@H]2O)n1. The van der Waals surface area contributed by atoms with Gasteiger partial charge in [0.1, 0.15) is 24.6 Å². The van der Waals surface area contributed by atoms with Crippen LogP contribution in [0.25, 0.3) is 0 Å².